The van der Waals surface area contributed by atoms with E-state index in [0.717, 1.165) is 31.2 Å². The molecule has 0 spiro atoms. The number of rotatable bonds is 24. The fraction of sp³-hybridized carbons (Fsp3) is 0.500. The van der Waals surface area contributed by atoms with E-state index in [1.54, 1.807) is 0 Å². The molecule has 0 saturated heterocycles. The molecule has 0 radical (unpaired) electrons. The van der Waals surface area contributed by atoms with Gasteiger partial charge in [0.25, 0.3) is 0 Å². The van der Waals surface area contributed by atoms with Crippen molar-refractivity contribution >= 4 is 29.5 Å². The second-order valence-corrected chi connectivity index (χ2v) is 10.7. The molecule has 0 saturated carbocycles. The van der Waals surface area contributed by atoms with Crippen LogP contribution in [0.1, 0.15) is 36.0 Å². The molecule has 0 unspecified atom stereocenters. The topological polar surface area (TPSA) is 170 Å². The van der Waals surface area contributed by atoms with Gasteiger partial charge in [0.05, 0.1) is 32.8 Å². The first-order valence-electron chi connectivity index (χ1n) is 15.7. The van der Waals surface area contributed by atoms with Crippen LogP contribution in [0.4, 0.5) is 0 Å². The van der Waals surface area contributed by atoms with E-state index in [2.05, 4.69) is 33.4 Å². The smallest absolute Gasteiger partial charge is 0.246 e. The van der Waals surface area contributed by atoms with Crippen LogP contribution in [-0.2, 0) is 62.2 Å². The maximum atomic E-state index is 12.8. The van der Waals surface area contributed by atoms with Crippen LogP contribution in [0.5, 0.6) is 0 Å². The van der Waals surface area contributed by atoms with Crippen LogP contribution >= 0.6 is 0 Å². The summed E-state index contributed by atoms with van der Waals surface area (Å²) in [5.41, 5.74) is 3.31. The molecule has 13 nitrogen and oxygen atoms in total. The number of hydrogen-bond acceptors (Lipinski definition) is 9. The molecule has 2 rings (SSSR count). The lowest BCUT2D eigenvalue weighted by molar-refractivity contribution is -0.132. The molecule has 1 atom stereocenters. The minimum absolute atomic E-state index is 0.0435. The number of ether oxygens (including phenoxy) is 4. The van der Waals surface area contributed by atoms with Crippen molar-refractivity contribution in [3.8, 4) is 0 Å². The van der Waals surface area contributed by atoms with E-state index < -0.39 is 35.6 Å². The van der Waals surface area contributed by atoms with Crippen LogP contribution in [0.15, 0.2) is 54.6 Å². The highest BCUT2D eigenvalue weighted by molar-refractivity contribution is 5.96. The highest BCUT2D eigenvalue weighted by atomic mass is 16.5. The number of carbonyl (C=O) groups excluding carboxylic acids is 5. The molecule has 0 aromatic heterocycles. The summed E-state index contributed by atoms with van der Waals surface area (Å²) in [7, 11) is 3.00. The van der Waals surface area contributed by atoms with Gasteiger partial charge in [-0.25, -0.2) is 0 Å². The zero-order valence-electron chi connectivity index (χ0n) is 27.3. The molecule has 2 aromatic carbocycles. The fourth-order valence-corrected chi connectivity index (χ4v) is 4.32. The average Bonchev–Trinajstić information content (AvgIpc) is 3.06. The number of hydrogen-bond donors (Lipinski definition) is 4. The van der Waals surface area contributed by atoms with Gasteiger partial charge in [0.1, 0.15) is 19.3 Å². The van der Waals surface area contributed by atoms with Crippen LogP contribution in [0, 0.1) is 0 Å². The van der Waals surface area contributed by atoms with Gasteiger partial charge < -0.3 is 34.9 Å². The number of imide groups is 1. The minimum Gasteiger partial charge on any atom is -0.382 e. The third-order valence-electron chi connectivity index (χ3n) is 6.83. The molecule has 0 fully saturated rings. The van der Waals surface area contributed by atoms with Crippen molar-refractivity contribution in [3.63, 3.8) is 0 Å². The minimum atomic E-state index is -1.15. The molecule has 5 amide bonds. The maximum absolute atomic E-state index is 12.8. The first-order valence-corrected chi connectivity index (χ1v) is 15.7. The summed E-state index contributed by atoms with van der Waals surface area (Å²) in [6.45, 7) is 0.133. The van der Waals surface area contributed by atoms with Gasteiger partial charge >= 0.3 is 0 Å². The van der Waals surface area contributed by atoms with Gasteiger partial charge in [0.2, 0.25) is 29.5 Å². The number of nitrogens with one attached hydrogen (secondary N) is 4. The predicted molar refractivity (Wildman–Crippen MR) is 174 cm³/mol. The van der Waals surface area contributed by atoms with Crippen LogP contribution in [0.25, 0.3) is 0 Å². The molecule has 0 aliphatic carbocycles. The zero-order valence-corrected chi connectivity index (χ0v) is 27.3. The normalized spacial score (nSPS) is 11.4. The summed E-state index contributed by atoms with van der Waals surface area (Å²) in [6, 6.07) is 17.0. The molecular formula is C34H48N4O9. The first kappa shape index (κ1) is 39.0. The third-order valence-corrected chi connectivity index (χ3v) is 6.83. The van der Waals surface area contributed by atoms with Crippen molar-refractivity contribution in [2.75, 3.05) is 67.0 Å². The molecule has 13 heteroatoms. The predicted octanol–water partition coefficient (Wildman–Crippen LogP) is 0.871. The Kier molecular flexibility index (Phi) is 20.0. The van der Waals surface area contributed by atoms with E-state index >= 15 is 0 Å². The number of unbranched alkanes of at least 4 members (excludes halogenated alkanes) is 1. The lowest BCUT2D eigenvalue weighted by Crippen LogP contribution is -2.54. The number of methoxy groups -OCH3 is 2. The van der Waals surface area contributed by atoms with Crippen molar-refractivity contribution in [2.24, 2.45) is 0 Å². The molecule has 0 bridgehead atoms. The van der Waals surface area contributed by atoms with Gasteiger partial charge in [-0.1, -0.05) is 54.6 Å². The zero-order chi connectivity index (χ0) is 34.1. The van der Waals surface area contributed by atoms with Crippen molar-refractivity contribution in [1.82, 2.24) is 21.3 Å². The molecular weight excluding hydrogens is 608 g/mol. The van der Waals surface area contributed by atoms with E-state index in [0.29, 0.717) is 13.2 Å². The number of benzene rings is 2. The summed E-state index contributed by atoms with van der Waals surface area (Å²) in [6.07, 6.45) is 4.03. The van der Waals surface area contributed by atoms with Crippen LogP contribution in [-0.4, -0.2) is 103 Å². The van der Waals surface area contributed by atoms with Crippen LogP contribution < -0.4 is 21.3 Å². The van der Waals surface area contributed by atoms with Crippen molar-refractivity contribution in [2.45, 2.75) is 44.6 Å². The average molecular weight is 657 g/mol. The Morgan fingerprint density at radius 1 is 0.638 bits per heavy atom. The van der Waals surface area contributed by atoms with Gasteiger partial charge in [-0.3, -0.25) is 29.3 Å². The van der Waals surface area contributed by atoms with Gasteiger partial charge in [0, 0.05) is 33.7 Å². The van der Waals surface area contributed by atoms with E-state index in [-0.39, 0.29) is 52.4 Å². The highest BCUT2D eigenvalue weighted by Gasteiger charge is 2.22. The molecule has 0 aliphatic rings. The highest BCUT2D eigenvalue weighted by Crippen LogP contribution is 2.11. The fourth-order valence-electron chi connectivity index (χ4n) is 4.32. The Morgan fingerprint density at radius 2 is 1.21 bits per heavy atom. The molecule has 258 valence electrons. The Balaban J connectivity index is 1.73. The van der Waals surface area contributed by atoms with Crippen LogP contribution in [0.3, 0.4) is 0 Å². The monoisotopic (exact) mass is 656 g/mol. The van der Waals surface area contributed by atoms with Gasteiger partial charge in [-0.2, -0.15) is 0 Å². The Hall–Kier alpha value is -4.17. The maximum Gasteiger partial charge on any atom is 0.246 e. The molecule has 47 heavy (non-hydrogen) atoms. The Morgan fingerprint density at radius 3 is 1.83 bits per heavy atom. The molecule has 2 aromatic rings. The molecule has 0 aliphatic heterocycles. The van der Waals surface area contributed by atoms with Crippen LogP contribution in [0.2, 0.25) is 0 Å². The summed E-state index contributed by atoms with van der Waals surface area (Å²) >= 11 is 0. The van der Waals surface area contributed by atoms with E-state index in [1.165, 1.54) is 25.3 Å². The summed E-state index contributed by atoms with van der Waals surface area (Å²) < 4.78 is 20.0. The van der Waals surface area contributed by atoms with E-state index in [4.69, 9.17) is 18.9 Å². The molecule has 4 N–H and O–H groups in total. The van der Waals surface area contributed by atoms with Gasteiger partial charge in [-0.05, 0) is 42.4 Å². The Labute approximate surface area is 276 Å². The number of amides is 5. The van der Waals surface area contributed by atoms with Crippen molar-refractivity contribution < 1.29 is 42.9 Å². The first-order chi connectivity index (χ1) is 22.8. The standard InChI is InChI=1S/C34H48N4O9/c1-44-18-20-46-24-32(41)36-23-29(37-33(42)25-47-21-19-45-2)34(43)35-17-16-30(39)38-31(40)22-28-14-12-27(13-15-28)11-7-6-10-26-8-4-3-5-9-26/h3-5,8-9,12-15,29H,6-7,10-11,16-25H2,1-2H3,(H,35,43)(H,36,41)(H,37,42)(H,38,39,40)/t29-/m0/s1. The van der Waals surface area contributed by atoms with Crippen molar-refractivity contribution in [3.05, 3.63) is 71.3 Å². The second kappa shape index (κ2) is 24.1. The lowest BCUT2D eigenvalue weighted by Gasteiger charge is -2.19. The lowest BCUT2D eigenvalue weighted by atomic mass is 10.0. The van der Waals surface area contributed by atoms with E-state index in [9.17, 15) is 24.0 Å². The largest absolute Gasteiger partial charge is 0.382 e. The summed E-state index contributed by atoms with van der Waals surface area (Å²) in [5, 5.41) is 9.91. The SMILES string of the molecule is COCCOCC(=O)NC[C@H](NC(=O)COCCOC)C(=O)NCCC(=O)NC(=O)Cc1ccc(CCCCc2ccccc2)cc1. The van der Waals surface area contributed by atoms with Gasteiger partial charge in [-0.15, -0.1) is 0 Å². The van der Waals surface area contributed by atoms with Gasteiger partial charge in [0.15, 0.2) is 0 Å². The summed E-state index contributed by atoms with van der Waals surface area (Å²) in [4.78, 5) is 61.9. The molecule has 0 heterocycles. The third kappa shape index (κ3) is 18.5. The number of carbonyl (C=O) groups is 5. The summed E-state index contributed by atoms with van der Waals surface area (Å²) in [5.74, 6) is -2.71. The van der Waals surface area contributed by atoms with Crippen molar-refractivity contribution in [1.29, 1.82) is 0 Å². The van der Waals surface area contributed by atoms with E-state index in [1.807, 2.05) is 42.5 Å². The second-order valence-electron chi connectivity index (χ2n) is 10.7. The Bertz CT molecular complexity index is 1230. The quantitative estimate of drug-likeness (QED) is 0.120. The number of aryl methyl sites for hydroxylation is 2.